The Labute approximate surface area is 229 Å². The second kappa shape index (κ2) is 11.0. The van der Waals surface area contributed by atoms with E-state index in [0.717, 1.165) is 49.2 Å². The zero-order chi connectivity index (χ0) is 26.9. The van der Waals surface area contributed by atoms with Crippen molar-refractivity contribution in [1.29, 1.82) is 0 Å². The summed E-state index contributed by atoms with van der Waals surface area (Å²) in [5, 5.41) is 8.94. The van der Waals surface area contributed by atoms with Crippen molar-refractivity contribution >= 4 is 22.7 Å². The second-order valence-electron chi connectivity index (χ2n) is 11.2. The Balaban J connectivity index is 1.17. The zero-order valence-corrected chi connectivity index (χ0v) is 23.1. The van der Waals surface area contributed by atoms with Crippen LogP contribution in [0.4, 0.5) is 16.2 Å². The Bertz CT molecular complexity index is 1430. The van der Waals surface area contributed by atoms with Gasteiger partial charge in [-0.05, 0) is 50.5 Å². The van der Waals surface area contributed by atoms with Gasteiger partial charge in [0.05, 0.1) is 11.7 Å². The zero-order valence-electron chi connectivity index (χ0n) is 23.1. The van der Waals surface area contributed by atoms with E-state index in [9.17, 15) is 4.39 Å². The normalized spacial score (nSPS) is 17.5. The maximum absolute atomic E-state index is 14.9. The highest BCUT2D eigenvalue weighted by molar-refractivity contribution is 5.87. The van der Waals surface area contributed by atoms with E-state index in [1.807, 2.05) is 42.2 Å². The van der Waals surface area contributed by atoms with Gasteiger partial charge in [0.15, 0.2) is 5.82 Å². The largest absolute Gasteiger partial charge is 0.309 e. The Morgan fingerprint density at radius 2 is 1.79 bits per heavy atom. The second-order valence-corrected chi connectivity index (χ2v) is 11.2. The number of benzene rings is 1. The Kier molecular flexibility index (Phi) is 7.27. The van der Waals surface area contributed by atoms with Crippen molar-refractivity contribution < 1.29 is 4.39 Å². The molecule has 204 valence electrons. The van der Waals surface area contributed by atoms with E-state index in [1.54, 1.807) is 0 Å². The first-order valence-corrected chi connectivity index (χ1v) is 14.1. The van der Waals surface area contributed by atoms with Gasteiger partial charge in [-0.1, -0.05) is 25.0 Å². The van der Waals surface area contributed by atoms with Gasteiger partial charge in [-0.3, -0.25) is 14.5 Å². The number of piperazine rings is 1. The highest BCUT2D eigenvalue weighted by Crippen LogP contribution is 2.38. The molecule has 1 aliphatic heterocycles. The minimum absolute atomic E-state index is 0.271. The maximum atomic E-state index is 14.9. The molecule has 9 heteroatoms. The van der Waals surface area contributed by atoms with Crippen molar-refractivity contribution in [1.82, 2.24) is 34.5 Å². The summed E-state index contributed by atoms with van der Waals surface area (Å²) in [5.74, 6) is 0.999. The van der Waals surface area contributed by atoms with Crippen molar-refractivity contribution in [2.75, 3.05) is 31.5 Å². The summed E-state index contributed by atoms with van der Waals surface area (Å²) in [4.78, 5) is 18.3. The van der Waals surface area contributed by atoms with Gasteiger partial charge in [0, 0.05) is 74.6 Å². The predicted molar refractivity (Wildman–Crippen MR) is 152 cm³/mol. The minimum Gasteiger partial charge on any atom is -0.309 e. The number of anilines is 2. The number of fused-ring (bicyclic) bond motifs is 1. The fourth-order valence-electron chi connectivity index (χ4n) is 6.08. The molecular weight excluding hydrogens is 491 g/mol. The van der Waals surface area contributed by atoms with Gasteiger partial charge in [-0.25, -0.2) is 19.3 Å². The molecule has 2 aliphatic rings. The van der Waals surface area contributed by atoms with Crippen LogP contribution in [0.3, 0.4) is 0 Å². The standard InChI is InChI=1S/C30H37FN8/c1-20(2)39-14-12-38(13-15-39)19-21-8-11-27(32-17-21)34-30-33-18-25(31)28(35-30)23-9-10-26-24(16-23)29(37(3)36-26)22-6-4-5-7-22/h8-11,16-18,20,22H,4-7,12-15,19H2,1-3H3,(H,32,33,34,35). The van der Waals surface area contributed by atoms with Crippen LogP contribution in [0.1, 0.15) is 56.7 Å². The van der Waals surface area contributed by atoms with Gasteiger partial charge < -0.3 is 5.32 Å². The third kappa shape index (κ3) is 5.51. The smallest absolute Gasteiger partial charge is 0.229 e. The number of hydrogen-bond donors (Lipinski definition) is 1. The molecule has 4 heterocycles. The lowest BCUT2D eigenvalue weighted by molar-refractivity contribution is 0.104. The van der Waals surface area contributed by atoms with E-state index in [1.165, 1.54) is 43.1 Å². The van der Waals surface area contributed by atoms with Crippen LogP contribution in [-0.4, -0.2) is 66.8 Å². The van der Waals surface area contributed by atoms with Crippen LogP contribution >= 0.6 is 0 Å². The van der Waals surface area contributed by atoms with Crippen LogP contribution in [-0.2, 0) is 13.6 Å². The summed E-state index contributed by atoms with van der Waals surface area (Å²) < 4.78 is 16.9. The van der Waals surface area contributed by atoms with Crippen molar-refractivity contribution in [3.05, 3.63) is 59.8 Å². The summed E-state index contributed by atoms with van der Waals surface area (Å²) in [6.07, 6.45) is 7.96. The van der Waals surface area contributed by atoms with Crippen LogP contribution in [0.5, 0.6) is 0 Å². The highest BCUT2D eigenvalue weighted by Gasteiger charge is 2.24. The summed E-state index contributed by atoms with van der Waals surface area (Å²) in [6, 6.07) is 10.5. The van der Waals surface area contributed by atoms with Crippen LogP contribution in [0.15, 0.2) is 42.7 Å². The number of pyridine rings is 1. The third-order valence-electron chi connectivity index (χ3n) is 8.25. The number of rotatable bonds is 7. The lowest BCUT2D eigenvalue weighted by Gasteiger charge is -2.36. The number of nitrogens with one attached hydrogen (secondary N) is 1. The molecule has 1 aliphatic carbocycles. The Hall–Kier alpha value is -3.43. The number of nitrogens with zero attached hydrogens (tertiary/aromatic N) is 7. The van der Waals surface area contributed by atoms with Crippen LogP contribution in [0.2, 0.25) is 0 Å². The quantitative estimate of drug-likeness (QED) is 0.340. The van der Waals surface area contributed by atoms with Gasteiger partial charge in [0.1, 0.15) is 11.5 Å². The molecule has 1 saturated carbocycles. The monoisotopic (exact) mass is 528 g/mol. The summed E-state index contributed by atoms with van der Waals surface area (Å²) in [5.41, 5.74) is 4.33. The Morgan fingerprint density at radius 1 is 1.00 bits per heavy atom. The molecule has 3 aromatic heterocycles. The molecule has 2 fully saturated rings. The van der Waals surface area contributed by atoms with Gasteiger partial charge in [0.25, 0.3) is 0 Å². The molecule has 0 amide bonds. The van der Waals surface area contributed by atoms with Crippen molar-refractivity contribution in [3.63, 3.8) is 0 Å². The lowest BCUT2D eigenvalue weighted by atomic mass is 9.98. The third-order valence-corrected chi connectivity index (χ3v) is 8.25. The molecule has 6 rings (SSSR count). The molecule has 8 nitrogen and oxygen atoms in total. The van der Waals surface area contributed by atoms with Crippen LogP contribution in [0, 0.1) is 5.82 Å². The van der Waals surface area contributed by atoms with Crippen molar-refractivity contribution in [2.24, 2.45) is 7.05 Å². The topological polar surface area (TPSA) is 75.0 Å². The molecule has 1 aromatic carbocycles. The van der Waals surface area contributed by atoms with Crippen LogP contribution < -0.4 is 5.32 Å². The SMILES string of the molecule is CC(C)N1CCN(Cc2ccc(Nc3ncc(F)c(-c4ccc5nn(C)c(C6CCCC6)c5c4)n3)nc2)CC1. The van der Waals surface area contributed by atoms with E-state index in [-0.39, 0.29) is 5.69 Å². The highest BCUT2D eigenvalue weighted by atomic mass is 19.1. The first-order valence-electron chi connectivity index (χ1n) is 14.1. The number of aryl methyl sites for hydroxylation is 1. The average molecular weight is 529 g/mol. The van der Waals surface area contributed by atoms with E-state index in [4.69, 9.17) is 5.10 Å². The first-order chi connectivity index (χ1) is 18.9. The molecular formula is C30H37FN8. The fourth-order valence-corrected chi connectivity index (χ4v) is 6.08. The molecule has 0 spiro atoms. The van der Waals surface area contributed by atoms with Crippen molar-refractivity contribution in [3.8, 4) is 11.3 Å². The van der Waals surface area contributed by atoms with E-state index in [2.05, 4.69) is 50.0 Å². The Morgan fingerprint density at radius 3 is 2.51 bits per heavy atom. The molecule has 0 atom stereocenters. The molecule has 0 unspecified atom stereocenters. The van der Waals surface area contributed by atoms with Gasteiger partial charge in [-0.15, -0.1) is 0 Å². The van der Waals surface area contributed by atoms with E-state index < -0.39 is 5.82 Å². The molecule has 0 radical (unpaired) electrons. The van der Waals surface area contributed by atoms with Gasteiger partial charge in [0.2, 0.25) is 5.95 Å². The number of hydrogen-bond acceptors (Lipinski definition) is 7. The number of halogens is 1. The molecule has 1 N–H and O–H groups in total. The average Bonchev–Trinajstić information content (AvgIpc) is 3.57. The number of aromatic nitrogens is 5. The van der Waals surface area contributed by atoms with Gasteiger partial charge in [-0.2, -0.15) is 5.10 Å². The van der Waals surface area contributed by atoms with E-state index in [0.29, 0.717) is 23.7 Å². The van der Waals surface area contributed by atoms with Crippen molar-refractivity contribution in [2.45, 2.75) is 58.0 Å². The molecule has 1 saturated heterocycles. The maximum Gasteiger partial charge on any atom is 0.229 e. The minimum atomic E-state index is -0.452. The van der Waals surface area contributed by atoms with Gasteiger partial charge >= 0.3 is 0 Å². The molecule has 39 heavy (non-hydrogen) atoms. The summed E-state index contributed by atoms with van der Waals surface area (Å²) in [7, 11) is 2.01. The lowest BCUT2D eigenvalue weighted by Crippen LogP contribution is -2.48. The fraction of sp³-hybridized carbons (Fsp3) is 0.467. The summed E-state index contributed by atoms with van der Waals surface area (Å²) in [6.45, 7) is 9.73. The van der Waals surface area contributed by atoms with Crippen LogP contribution in [0.25, 0.3) is 22.2 Å². The first kappa shape index (κ1) is 25.8. The predicted octanol–water partition coefficient (Wildman–Crippen LogP) is 5.49. The summed E-state index contributed by atoms with van der Waals surface area (Å²) >= 11 is 0. The molecule has 0 bridgehead atoms. The molecule has 4 aromatic rings. The van der Waals surface area contributed by atoms with E-state index >= 15 is 0 Å².